The maximum absolute atomic E-state index is 13.1. The van der Waals surface area contributed by atoms with Crippen molar-refractivity contribution in [3.05, 3.63) is 65.5 Å². The van der Waals surface area contributed by atoms with Gasteiger partial charge < -0.3 is 14.8 Å². The van der Waals surface area contributed by atoms with Gasteiger partial charge in [-0.1, -0.05) is 30.3 Å². The molecular formula is C26H31N3O5S. The summed E-state index contributed by atoms with van der Waals surface area (Å²) in [5.74, 6) is -2.02. The van der Waals surface area contributed by atoms with Crippen molar-refractivity contribution in [1.29, 1.82) is 0 Å². The van der Waals surface area contributed by atoms with Gasteiger partial charge in [0.1, 0.15) is 17.3 Å². The van der Waals surface area contributed by atoms with Gasteiger partial charge in [0.05, 0.1) is 18.6 Å². The molecule has 186 valence electrons. The summed E-state index contributed by atoms with van der Waals surface area (Å²) in [6, 6.07) is 11.9. The highest BCUT2D eigenvalue weighted by molar-refractivity contribution is 7.80. The molecule has 0 radical (unpaired) electrons. The second-order valence-corrected chi connectivity index (χ2v) is 9.74. The molecule has 2 aromatic rings. The molecular weight excluding hydrogens is 466 g/mol. The van der Waals surface area contributed by atoms with Gasteiger partial charge in [0.15, 0.2) is 5.11 Å². The smallest absolute Gasteiger partial charge is 0.357 e. The standard InChI is InChI=1S/C26H31N3O5S/c1-6-33-24(32)21-19(14-17-12-13-27-20(15-17)23(31)34-26(3,4)5)22(30)29(21)25(35)28-16(2)18-10-8-7-9-11-18/h7-13,15-16,19,21H,6,14H2,1-5H3,(H,28,35)/t16-,19?,21+/m1/s1. The molecule has 1 aromatic heterocycles. The Morgan fingerprint density at radius 2 is 1.89 bits per heavy atom. The predicted molar refractivity (Wildman–Crippen MR) is 134 cm³/mol. The Bertz CT molecular complexity index is 1100. The molecule has 8 nitrogen and oxygen atoms in total. The van der Waals surface area contributed by atoms with Gasteiger partial charge in [0.2, 0.25) is 5.91 Å². The number of likely N-dealkylation sites (tertiary alicyclic amines) is 1. The van der Waals surface area contributed by atoms with Crippen LogP contribution in [0.1, 0.15) is 62.3 Å². The highest BCUT2D eigenvalue weighted by Gasteiger charge is 2.54. The molecule has 1 aliphatic rings. The second-order valence-electron chi connectivity index (χ2n) is 9.35. The normalized spacial score (nSPS) is 18.3. The average molecular weight is 498 g/mol. The largest absolute Gasteiger partial charge is 0.464 e. The van der Waals surface area contributed by atoms with Gasteiger partial charge in [-0.05, 0) is 76.5 Å². The first-order valence-electron chi connectivity index (χ1n) is 11.5. The summed E-state index contributed by atoms with van der Waals surface area (Å²) in [7, 11) is 0. The molecule has 1 aliphatic heterocycles. The lowest BCUT2D eigenvalue weighted by molar-refractivity contribution is -0.167. The number of amides is 1. The number of esters is 2. The number of carbonyl (C=O) groups is 3. The van der Waals surface area contributed by atoms with E-state index >= 15 is 0 Å². The minimum Gasteiger partial charge on any atom is -0.464 e. The third-order valence-corrected chi connectivity index (χ3v) is 5.80. The fraction of sp³-hybridized carbons (Fsp3) is 0.423. The van der Waals surface area contributed by atoms with Crippen LogP contribution in [0.5, 0.6) is 0 Å². The Morgan fingerprint density at radius 3 is 2.51 bits per heavy atom. The molecule has 3 rings (SSSR count). The third kappa shape index (κ3) is 6.42. The number of benzene rings is 1. The van der Waals surface area contributed by atoms with Crippen molar-refractivity contribution in [3.8, 4) is 0 Å². The Labute approximate surface area is 211 Å². The van der Waals surface area contributed by atoms with Crippen molar-refractivity contribution in [2.75, 3.05) is 6.61 Å². The van der Waals surface area contributed by atoms with Gasteiger partial charge in [0, 0.05) is 6.20 Å². The number of β-lactam (4-membered cyclic amide) rings is 1. The van der Waals surface area contributed by atoms with E-state index in [1.165, 1.54) is 11.1 Å². The molecule has 0 spiro atoms. The molecule has 1 amide bonds. The summed E-state index contributed by atoms with van der Waals surface area (Å²) in [6.07, 6.45) is 1.72. The highest BCUT2D eigenvalue weighted by Crippen LogP contribution is 2.32. The molecule has 1 saturated heterocycles. The molecule has 1 aromatic carbocycles. The summed E-state index contributed by atoms with van der Waals surface area (Å²) in [4.78, 5) is 43.7. The van der Waals surface area contributed by atoms with E-state index in [1.54, 1.807) is 39.8 Å². The zero-order valence-corrected chi connectivity index (χ0v) is 21.4. The van der Waals surface area contributed by atoms with Crippen molar-refractivity contribution >= 4 is 35.2 Å². The summed E-state index contributed by atoms with van der Waals surface area (Å²) < 4.78 is 10.6. The van der Waals surface area contributed by atoms with Crippen LogP contribution in [0.4, 0.5) is 0 Å². The minimum absolute atomic E-state index is 0.141. The second kappa shape index (κ2) is 10.9. The fourth-order valence-electron chi connectivity index (χ4n) is 3.85. The van der Waals surface area contributed by atoms with Crippen LogP contribution in [-0.4, -0.2) is 51.1 Å². The molecule has 1 N–H and O–H groups in total. The SMILES string of the molecule is CCOC(=O)[C@@H]1C(Cc2ccnc(C(=O)OC(C)(C)C)c2)C(=O)N1C(=S)N[C@H](C)c1ccccc1. The van der Waals surface area contributed by atoms with Crippen LogP contribution >= 0.6 is 12.2 Å². The quantitative estimate of drug-likeness (QED) is 0.352. The molecule has 35 heavy (non-hydrogen) atoms. The minimum atomic E-state index is -0.858. The van der Waals surface area contributed by atoms with Crippen LogP contribution < -0.4 is 5.32 Å². The predicted octanol–water partition coefficient (Wildman–Crippen LogP) is 3.61. The fourth-order valence-corrected chi connectivity index (χ4v) is 4.23. The summed E-state index contributed by atoms with van der Waals surface area (Å²) in [5, 5.41) is 3.31. The average Bonchev–Trinajstić information content (AvgIpc) is 2.80. The van der Waals surface area contributed by atoms with E-state index in [0.29, 0.717) is 5.56 Å². The van der Waals surface area contributed by atoms with Gasteiger partial charge >= 0.3 is 11.9 Å². The number of pyridine rings is 1. The van der Waals surface area contributed by atoms with Crippen molar-refractivity contribution in [2.24, 2.45) is 5.92 Å². The first-order valence-corrected chi connectivity index (χ1v) is 12.0. The topological polar surface area (TPSA) is 97.8 Å². The number of aromatic nitrogens is 1. The molecule has 9 heteroatoms. The third-order valence-electron chi connectivity index (χ3n) is 5.49. The van der Waals surface area contributed by atoms with E-state index in [-0.39, 0.29) is 35.8 Å². The number of rotatable bonds is 7. The number of thiocarbonyl (C=S) groups is 1. The molecule has 0 aliphatic carbocycles. The summed E-state index contributed by atoms with van der Waals surface area (Å²) in [6.45, 7) is 9.14. The van der Waals surface area contributed by atoms with Crippen LogP contribution in [0.25, 0.3) is 0 Å². The Hall–Kier alpha value is -3.33. The number of carbonyl (C=O) groups excluding carboxylic acids is 3. The number of ether oxygens (including phenoxy) is 2. The number of nitrogens with zero attached hydrogens (tertiary/aromatic N) is 2. The Morgan fingerprint density at radius 1 is 1.20 bits per heavy atom. The van der Waals surface area contributed by atoms with E-state index in [9.17, 15) is 14.4 Å². The van der Waals surface area contributed by atoms with Gasteiger partial charge in [-0.15, -0.1) is 0 Å². The van der Waals surface area contributed by atoms with E-state index < -0.39 is 29.5 Å². The van der Waals surface area contributed by atoms with Crippen molar-refractivity contribution in [2.45, 2.75) is 58.7 Å². The lowest BCUT2D eigenvalue weighted by atomic mass is 9.82. The summed E-state index contributed by atoms with van der Waals surface area (Å²) in [5.41, 5.74) is 1.17. The van der Waals surface area contributed by atoms with Crippen LogP contribution in [0, 0.1) is 5.92 Å². The van der Waals surface area contributed by atoms with Crippen molar-refractivity contribution in [1.82, 2.24) is 15.2 Å². The van der Waals surface area contributed by atoms with Crippen LogP contribution in [-0.2, 0) is 25.5 Å². The molecule has 2 heterocycles. The zero-order valence-electron chi connectivity index (χ0n) is 20.6. The van der Waals surface area contributed by atoms with Gasteiger partial charge in [0.25, 0.3) is 0 Å². The molecule has 1 unspecified atom stereocenters. The molecule has 1 fully saturated rings. The first-order chi connectivity index (χ1) is 16.5. The lowest BCUT2D eigenvalue weighted by Crippen LogP contribution is -2.68. The molecule has 0 saturated carbocycles. The number of nitrogens with one attached hydrogen (secondary N) is 1. The molecule has 0 bridgehead atoms. The van der Waals surface area contributed by atoms with Gasteiger partial charge in [-0.2, -0.15) is 0 Å². The van der Waals surface area contributed by atoms with Crippen molar-refractivity contribution in [3.63, 3.8) is 0 Å². The van der Waals surface area contributed by atoms with Crippen molar-refractivity contribution < 1.29 is 23.9 Å². The van der Waals surface area contributed by atoms with Gasteiger partial charge in [-0.3, -0.25) is 9.69 Å². The maximum Gasteiger partial charge on any atom is 0.357 e. The first kappa shape index (κ1) is 26.3. The van der Waals surface area contributed by atoms with Gasteiger partial charge in [-0.25, -0.2) is 14.6 Å². The Kier molecular flexibility index (Phi) is 8.22. The zero-order chi connectivity index (χ0) is 25.8. The van der Waals surface area contributed by atoms with Crippen LogP contribution in [0.15, 0.2) is 48.7 Å². The monoisotopic (exact) mass is 497 g/mol. The Balaban J connectivity index is 1.76. The lowest BCUT2D eigenvalue weighted by Gasteiger charge is -2.45. The van der Waals surface area contributed by atoms with E-state index in [1.807, 2.05) is 37.3 Å². The van der Waals surface area contributed by atoms with Crippen LogP contribution in [0.3, 0.4) is 0 Å². The number of hydrogen-bond donors (Lipinski definition) is 1. The molecule has 3 atom stereocenters. The van der Waals surface area contributed by atoms with E-state index in [4.69, 9.17) is 21.7 Å². The summed E-state index contributed by atoms with van der Waals surface area (Å²) >= 11 is 5.50. The number of hydrogen-bond acceptors (Lipinski definition) is 7. The van der Waals surface area contributed by atoms with E-state index in [2.05, 4.69) is 10.3 Å². The highest BCUT2D eigenvalue weighted by atomic mass is 32.1. The van der Waals surface area contributed by atoms with Crippen LogP contribution in [0.2, 0.25) is 0 Å². The maximum atomic E-state index is 13.1. The van der Waals surface area contributed by atoms with E-state index in [0.717, 1.165) is 5.56 Å².